The number of fused-ring (bicyclic) bond motifs is 1. The molecular weight excluding hydrogens is 344 g/mol. The number of nitrogens with one attached hydrogen (secondary N) is 1. The van der Waals surface area contributed by atoms with Gasteiger partial charge in [-0.3, -0.25) is 9.59 Å². The molecule has 1 N–H and O–H groups in total. The van der Waals surface area contributed by atoms with Crippen LogP contribution in [-0.2, 0) is 24.2 Å². The van der Waals surface area contributed by atoms with Crippen molar-refractivity contribution in [3.05, 3.63) is 53.1 Å². The first-order valence-electron chi connectivity index (χ1n) is 9.27. The number of nitrogens with zero attached hydrogens (tertiary/aromatic N) is 3. The van der Waals surface area contributed by atoms with Gasteiger partial charge in [-0.2, -0.15) is 0 Å². The molecule has 1 aromatic heterocycles. The van der Waals surface area contributed by atoms with Gasteiger partial charge in [0.1, 0.15) is 5.69 Å². The van der Waals surface area contributed by atoms with Gasteiger partial charge in [-0.1, -0.05) is 30.3 Å². The van der Waals surface area contributed by atoms with Crippen molar-refractivity contribution in [2.24, 2.45) is 0 Å². The fourth-order valence-electron chi connectivity index (χ4n) is 3.34. The van der Waals surface area contributed by atoms with Gasteiger partial charge >= 0.3 is 0 Å². The van der Waals surface area contributed by atoms with E-state index < -0.39 is 0 Å². The topological polar surface area (TPSA) is 76.5 Å². The van der Waals surface area contributed by atoms with Crippen LogP contribution in [-0.4, -0.2) is 53.6 Å². The number of imidazole rings is 1. The number of carbonyl (C=O) groups excluding carboxylic acids is 2. The van der Waals surface area contributed by atoms with E-state index in [9.17, 15) is 9.59 Å². The molecule has 0 atom stereocenters. The zero-order valence-corrected chi connectivity index (χ0v) is 15.9. The molecule has 1 aliphatic rings. The molecule has 0 bridgehead atoms. The van der Waals surface area contributed by atoms with E-state index in [4.69, 9.17) is 4.74 Å². The summed E-state index contributed by atoms with van der Waals surface area (Å²) < 4.78 is 6.89. The molecule has 7 nitrogen and oxygen atoms in total. The van der Waals surface area contributed by atoms with E-state index in [1.807, 2.05) is 34.9 Å². The standard InChI is InChI=1S/C20H26N4O3/c1-23(14-15-8-4-3-5-9-15)20(26)18-22-17(19(25)21-11-13-27-2)16-10-6-7-12-24(16)18/h3-5,8-9H,6-7,10-14H2,1-2H3,(H,21,25). The van der Waals surface area contributed by atoms with E-state index in [1.165, 1.54) is 0 Å². The highest BCUT2D eigenvalue weighted by Gasteiger charge is 2.28. The zero-order chi connectivity index (χ0) is 19.2. The van der Waals surface area contributed by atoms with E-state index in [-0.39, 0.29) is 11.8 Å². The lowest BCUT2D eigenvalue weighted by atomic mass is 10.1. The minimum Gasteiger partial charge on any atom is -0.383 e. The van der Waals surface area contributed by atoms with Crippen LogP contribution in [0.2, 0.25) is 0 Å². The summed E-state index contributed by atoms with van der Waals surface area (Å²) in [5.41, 5.74) is 2.27. The van der Waals surface area contributed by atoms with E-state index in [0.717, 1.165) is 30.5 Å². The Morgan fingerprint density at radius 2 is 2.04 bits per heavy atom. The summed E-state index contributed by atoms with van der Waals surface area (Å²) in [5.74, 6) is -0.0690. The molecule has 7 heteroatoms. The Morgan fingerprint density at radius 3 is 2.78 bits per heavy atom. The van der Waals surface area contributed by atoms with E-state index >= 15 is 0 Å². The van der Waals surface area contributed by atoms with Crippen LogP contribution in [0.15, 0.2) is 30.3 Å². The van der Waals surface area contributed by atoms with Gasteiger partial charge in [0.15, 0.2) is 5.82 Å². The largest absolute Gasteiger partial charge is 0.383 e. The Bertz CT molecular complexity index is 801. The summed E-state index contributed by atoms with van der Waals surface area (Å²) in [6.45, 7) is 2.07. The van der Waals surface area contributed by atoms with Gasteiger partial charge in [0.2, 0.25) is 0 Å². The van der Waals surface area contributed by atoms with Gasteiger partial charge in [0.25, 0.3) is 11.8 Å². The number of hydrogen-bond acceptors (Lipinski definition) is 4. The minimum absolute atomic E-state index is 0.169. The molecule has 2 amide bonds. The molecule has 0 unspecified atom stereocenters. The summed E-state index contributed by atoms with van der Waals surface area (Å²) in [4.78, 5) is 31.6. The van der Waals surface area contributed by atoms with Crippen LogP contribution in [0.3, 0.4) is 0 Å². The van der Waals surface area contributed by atoms with Crippen molar-refractivity contribution < 1.29 is 14.3 Å². The summed E-state index contributed by atoms with van der Waals surface area (Å²) in [5, 5.41) is 2.81. The quantitative estimate of drug-likeness (QED) is 0.755. The fourth-order valence-corrected chi connectivity index (χ4v) is 3.34. The lowest BCUT2D eigenvalue weighted by Gasteiger charge is -2.20. The van der Waals surface area contributed by atoms with Crippen molar-refractivity contribution in [3.63, 3.8) is 0 Å². The van der Waals surface area contributed by atoms with Crippen molar-refractivity contribution >= 4 is 11.8 Å². The van der Waals surface area contributed by atoms with Gasteiger partial charge < -0.3 is 19.5 Å². The number of ether oxygens (including phenoxy) is 1. The molecule has 0 saturated carbocycles. The van der Waals surface area contributed by atoms with Crippen LogP contribution in [0, 0.1) is 0 Å². The molecule has 0 fully saturated rings. The van der Waals surface area contributed by atoms with Crippen molar-refractivity contribution in [2.75, 3.05) is 27.3 Å². The molecule has 1 aromatic carbocycles. The summed E-state index contributed by atoms with van der Waals surface area (Å²) in [7, 11) is 3.35. The van der Waals surface area contributed by atoms with E-state index in [2.05, 4.69) is 10.3 Å². The Morgan fingerprint density at radius 1 is 1.26 bits per heavy atom. The number of methoxy groups -OCH3 is 1. The second kappa shape index (κ2) is 8.81. The number of hydrogen-bond donors (Lipinski definition) is 1. The number of amides is 2. The third-order valence-corrected chi connectivity index (χ3v) is 4.73. The summed E-state index contributed by atoms with van der Waals surface area (Å²) in [6.07, 6.45) is 2.74. The first-order valence-corrected chi connectivity index (χ1v) is 9.27. The highest BCUT2D eigenvalue weighted by Crippen LogP contribution is 2.22. The Hall–Kier alpha value is -2.67. The summed E-state index contributed by atoms with van der Waals surface area (Å²) in [6, 6.07) is 9.82. The maximum absolute atomic E-state index is 13.0. The lowest BCUT2D eigenvalue weighted by Crippen LogP contribution is -2.30. The SMILES string of the molecule is COCCNC(=O)c1nc(C(=O)N(C)Cc2ccccc2)n2c1CCCC2. The Labute approximate surface area is 159 Å². The van der Waals surface area contributed by atoms with E-state index in [1.54, 1.807) is 19.1 Å². The summed E-state index contributed by atoms with van der Waals surface area (Å²) >= 11 is 0. The zero-order valence-electron chi connectivity index (χ0n) is 15.9. The average molecular weight is 370 g/mol. The molecule has 0 aliphatic carbocycles. The number of carbonyl (C=O) groups is 2. The van der Waals surface area contributed by atoms with Gasteiger partial charge in [-0.15, -0.1) is 0 Å². The van der Waals surface area contributed by atoms with Gasteiger partial charge in [-0.05, 0) is 24.8 Å². The predicted octanol–water partition coefficient (Wildman–Crippen LogP) is 1.87. The molecule has 0 radical (unpaired) electrons. The maximum atomic E-state index is 13.0. The molecular formula is C20H26N4O3. The van der Waals surface area contributed by atoms with Crippen LogP contribution in [0.25, 0.3) is 0 Å². The van der Waals surface area contributed by atoms with E-state index in [0.29, 0.717) is 37.8 Å². The van der Waals surface area contributed by atoms with Crippen LogP contribution >= 0.6 is 0 Å². The number of benzene rings is 1. The van der Waals surface area contributed by atoms with Crippen molar-refractivity contribution in [2.45, 2.75) is 32.4 Å². The first kappa shape index (κ1) is 19.1. The molecule has 144 valence electrons. The Balaban J connectivity index is 1.82. The molecule has 2 aromatic rings. The third kappa shape index (κ3) is 4.36. The van der Waals surface area contributed by atoms with Crippen LogP contribution < -0.4 is 5.32 Å². The van der Waals surface area contributed by atoms with Gasteiger partial charge in [0.05, 0.1) is 12.3 Å². The highest BCUT2D eigenvalue weighted by atomic mass is 16.5. The Kier molecular flexibility index (Phi) is 6.24. The first-order chi connectivity index (χ1) is 13.1. The van der Waals surface area contributed by atoms with Gasteiger partial charge in [0, 0.05) is 33.8 Å². The molecule has 0 spiro atoms. The molecule has 2 heterocycles. The normalized spacial score (nSPS) is 13.1. The van der Waals surface area contributed by atoms with Crippen molar-refractivity contribution in [1.82, 2.24) is 19.8 Å². The van der Waals surface area contributed by atoms with Crippen LogP contribution in [0.1, 0.15) is 45.2 Å². The lowest BCUT2D eigenvalue weighted by molar-refractivity contribution is 0.0766. The smallest absolute Gasteiger partial charge is 0.289 e. The number of rotatable bonds is 7. The highest BCUT2D eigenvalue weighted by molar-refractivity contribution is 5.97. The predicted molar refractivity (Wildman–Crippen MR) is 102 cm³/mol. The number of aromatic nitrogens is 2. The van der Waals surface area contributed by atoms with Crippen molar-refractivity contribution in [1.29, 1.82) is 0 Å². The molecule has 27 heavy (non-hydrogen) atoms. The second-order valence-electron chi connectivity index (χ2n) is 6.73. The monoisotopic (exact) mass is 370 g/mol. The van der Waals surface area contributed by atoms with Gasteiger partial charge in [-0.25, -0.2) is 4.98 Å². The van der Waals surface area contributed by atoms with Crippen LogP contribution in [0.4, 0.5) is 0 Å². The fraction of sp³-hybridized carbons (Fsp3) is 0.450. The maximum Gasteiger partial charge on any atom is 0.289 e. The third-order valence-electron chi connectivity index (χ3n) is 4.73. The molecule has 1 aliphatic heterocycles. The minimum atomic E-state index is -0.248. The van der Waals surface area contributed by atoms with Crippen molar-refractivity contribution in [3.8, 4) is 0 Å². The second-order valence-corrected chi connectivity index (χ2v) is 6.73. The average Bonchev–Trinajstić information content (AvgIpc) is 3.08. The molecule has 3 rings (SSSR count). The van der Waals surface area contributed by atoms with Crippen LogP contribution in [0.5, 0.6) is 0 Å². The molecule has 0 saturated heterocycles.